The highest BCUT2D eigenvalue weighted by molar-refractivity contribution is 6.01. The molecule has 0 unspecified atom stereocenters. The number of hydrogen-bond acceptors (Lipinski definition) is 3. The normalized spacial score (nSPS) is 11.5. The average Bonchev–Trinajstić information content (AvgIpc) is 2.65. The zero-order chi connectivity index (χ0) is 21.2. The second-order valence-electron chi connectivity index (χ2n) is 6.87. The molecule has 0 radical (unpaired) electrons. The van der Waals surface area contributed by atoms with Crippen LogP contribution in [0.4, 0.5) is 5.69 Å². The summed E-state index contributed by atoms with van der Waals surface area (Å²) in [6, 6.07) is 18.7. The lowest BCUT2D eigenvalue weighted by Crippen LogP contribution is -2.28. The predicted octanol–water partition coefficient (Wildman–Crippen LogP) is 4.55. The molecular weight excluding hydrogens is 356 g/mol. The number of amidine groups is 1. The number of nitrogens with zero attached hydrogens (tertiary/aromatic N) is 1. The fourth-order valence-corrected chi connectivity index (χ4v) is 2.31. The minimum Gasteiger partial charge on any atom is -0.478 e. The number of para-hydroxylation sites is 1. The van der Waals surface area contributed by atoms with Crippen molar-refractivity contribution < 1.29 is 19.8 Å². The van der Waals surface area contributed by atoms with E-state index in [1.807, 2.05) is 19.2 Å². The van der Waals surface area contributed by atoms with Gasteiger partial charge in [-0.1, -0.05) is 69.3 Å². The van der Waals surface area contributed by atoms with E-state index < -0.39 is 11.9 Å². The molecule has 28 heavy (non-hydrogen) atoms. The number of benzene rings is 2. The van der Waals surface area contributed by atoms with Crippen LogP contribution >= 0.6 is 0 Å². The zero-order valence-electron chi connectivity index (χ0n) is 16.5. The number of carboxylic acid groups (broad SMARTS) is 2. The molecule has 0 fully saturated rings. The van der Waals surface area contributed by atoms with Crippen molar-refractivity contribution in [1.29, 1.82) is 0 Å². The van der Waals surface area contributed by atoms with Gasteiger partial charge in [-0.25, -0.2) is 9.59 Å². The molecule has 148 valence electrons. The van der Waals surface area contributed by atoms with Crippen LogP contribution in [0.3, 0.4) is 0 Å². The Hall–Kier alpha value is -3.41. The van der Waals surface area contributed by atoms with E-state index in [0.29, 0.717) is 12.2 Å². The topological polar surface area (TPSA) is 99.0 Å². The highest BCUT2D eigenvalue weighted by Gasteiger charge is 2.19. The maximum atomic E-state index is 9.55. The quantitative estimate of drug-likeness (QED) is 0.409. The molecule has 2 rings (SSSR count). The van der Waals surface area contributed by atoms with E-state index in [1.54, 1.807) is 0 Å². The molecule has 0 saturated heterocycles. The molecular formula is C22H26N2O4. The van der Waals surface area contributed by atoms with Gasteiger partial charge in [0.15, 0.2) is 0 Å². The Morgan fingerprint density at radius 2 is 1.39 bits per heavy atom. The largest absolute Gasteiger partial charge is 0.478 e. The first-order valence-corrected chi connectivity index (χ1v) is 8.67. The fraction of sp³-hybridized carbons (Fsp3) is 0.227. The van der Waals surface area contributed by atoms with Crippen LogP contribution in [0, 0.1) is 5.41 Å². The van der Waals surface area contributed by atoms with Crippen molar-refractivity contribution in [3.63, 3.8) is 0 Å². The number of nitrogens with one attached hydrogen (secondary N) is 1. The third-order valence-electron chi connectivity index (χ3n) is 3.57. The first-order chi connectivity index (χ1) is 13.1. The molecule has 0 saturated carbocycles. The first-order valence-electron chi connectivity index (χ1n) is 8.67. The van der Waals surface area contributed by atoms with Crippen LogP contribution in [0.25, 0.3) is 11.1 Å². The standard InChI is InChI=1S/C18H22N2.C4H4O4/c1-18(2,3)17(19-4)20-16-13-9-8-12-15(16)14-10-6-5-7-11-14;5-3(6)1-2-4(7)8/h5-13H,1-4H3,(H,19,20);1-2H,(H,5,6)(H,7,8). The number of aliphatic imine (C=N–C) groups is 1. The van der Waals surface area contributed by atoms with Gasteiger partial charge in [-0.3, -0.25) is 4.99 Å². The van der Waals surface area contributed by atoms with Crippen molar-refractivity contribution in [3.8, 4) is 11.1 Å². The molecule has 2 aromatic carbocycles. The Labute approximate surface area is 165 Å². The fourth-order valence-electron chi connectivity index (χ4n) is 2.31. The van der Waals surface area contributed by atoms with Gasteiger partial charge >= 0.3 is 11.9 Å². The Morgan fingerprint density at radius 1 is 0.893 bits per heavy atom. The van der Waals surface area contributed by atoms with Crippen molar-refractivity contribution in [1.82, 2.24) is 0 Å². The summed E-state index contributed by atoms with van der Waals surface area (Å²) in [5.41, 5.74) is 3.49. The molecule has 0 amide bonds. The van der Waals surface area contributed by atoms with E-state index in [4.69, 9.17) is 10.2 Å². The van der Waals surface area contributed by atoms with Crippen LogP contribution in [0.5, 0.6) is 0 Å². The molecule has 6 nitrogen and oxygen atoms in total. The van der Waals surface area contributed by atoms with E-state index >= 15 is 0 Å². The van der Waals surface area contributed by atoms with Crippen molar-refractivity contribution in [2.24, 2.45) is 10.4 Å². The van der Waals surface area contributed by atoms with E-state index in [1.165, 1.54) is 11.1 Å². The van der Waals surface area contributed by atoms with Gasteiger partial charge in [-0.15, -0.1) is 0 Å². The number of carbonyl (C=O) groups is 2. The highest BCUT2D eigenvalue weighted by Crippen LogP contribution is 2.29. The van der Waals surface area contributed by atoms with Gasteiger partial charge in [-0.05, 0) is 11.6 Å². The van der Waals surface area contributed by atoms with Gasteiger partial charge in [-0.2, -0.15) is 0 Å². The number of carboxylic acids is 2. The lowest BCUT2D eigenvalue weighted by Gasteiger charge is -2.24. The van der Waals surface area contributed by atoms with E-state index in [-0.39, 0.29) is 5.41 Å². The molecule has 0 bridgehead atoms. The van der Waals surface area contributed by atoms with Crippen LogP contribution in [-0.2, 0) is 9.59 Å². The summed E-state index contributed by atoms with van der Waals surface area (Å²) in [7, 11) is 1.83. The van der Waals surface area contributed by atoms with Gasteiger partial charge in [0.25, 0.3) is 0 Å². The van der Waals surface area contributed by atoms with Crippen LogP contribution < -0.4 is 5.32 Å². The van der Waals surface area contributed by atoms with Crippen LogP contribution in [0.1, 0.15) is 20.8 Å². The summed E-state index contributed by atoms with van der Waals surface area (Å²) in [4.78, 5) is 23.5. The minimum atomic E-state index is -1.26. The molecule has 3 N–H and O–H groups in total. The van der Waals surface area contributed by atoms with Crippen molar-refractivity contribution in [2.45, 2.75) is 20.8 Å². The van der Waals surface area contributed by atoms with Crippen molar-refractivity contribution in [2.75, 3.05) is 12.4 Å². The molecule has 2 aromatic rings. The SMILES string of the molecule is CN=C(Nc1ccccc1-c1ccccc1)C(C)(C)C.O=C(O)C=CC(=O)O. The Morgan fingerprint density at radius 3 is 1.86 bits per heavy atom. The first kappa shape index (κ1) is 22.6. The highest BCUT2D eigenvalue weighted by atomic mass is 16.4. The third-order valence-corrected chi connectivity index (χ3v) is 3.57. The molecule has 0 aliphatic heterocycles. The molecule has 0 aromatic heterocycles. The maximum Gasteiger partial charge on any atom is 0.328 e. The van der Waals surface area contributed by atoms with Gasteiger partial charge in [0.1, 0.15) is 5.84 Å². The number of hydrogen-bond donors (Lipinski definition) is 3. The Kier molecular flexibility index (Phi) is 8.62. The lowest BCUT2D eigenvalue weighted by molar-refractivity contribution is -0.134. The smallest absolute Gasteiger partial charge is 0.328 e. The number of rotatable bonds is 4. The van der Waals surface area contributed by atoms with Gasteiger partial charge in [0, 0.05) is 35.9 Å². The van der Waals surface area contributed by atoms with E-state index in [9.17, 15) is 9.59 Å². The van der Waals surface area contributed by atoms with Crippen molar-refractivity contribution in [3.05, 3.63) is 66.7 Å². The summed E-state index contributed by atoms with van der Waals surface area (Å²) in [5.74, 6) is -1.53. The summed E-state index contributed by atoms with van der Waals surface area (Å²) in [6.45, 7) is 6.48. The van der Waals surface area contributed by atoms with E-state index in [2.05, 4.69) is 73.5 Å². The molecule has 0 atom stereocenters. The molecule has 0 heterocycles. The van der Waals surface area contributed by atoms with Gasteiger partial charge < -0.3 is 15.5 Å². The van der Waals surface area contributed by atoms with Crippen LogP contribution in [0.15, 0.2) is 71.7 Å². The molecule has 0 spiro atoms. The Bertz CT molecular complexity index is 834. The summed E-state index contributed by atoms with van der Waals surface area (Å²) in [5, 5.41) is 19.1. The van der Waals surface area contributed by atoms with Gasteiger partial charge in [0.2, 0.25) is 0 Å². The minimum absolute atomic E-state index is 0.00144. The average molecular weight is 382 g/mol. The van der Waals surface area contributed by atoms with Gasteiger partial charge in [0.05, 0.1) is 0 Å². The summed E-state index contributed by atoms with van der Waals surface area (Å²) < 4.78 is 0. The van der Waals surface area contributed by atoms with Crippen LogP contribution in [0.2, 0.25) is 0 Å². The second kappa shape index (κ2) is 10.7. The zero-order valence-corrected chi connectivity index (χ0v) is 16.5. The number of anilines is 1. The lowest BCUT2D eigenvalue weighted by atomic mass is 9.94. The van der Waals surface area contributed by atoms with Crippen LogP contribution in [-0.4, -0.2) is 35.0 Å². The Balaban J connectivity index is 0.000000416. The predicted molar refractivity (Wildman–Crippen MR) is 113 cm³/mol. The third kappa shape index (κ3) is 7.86. The number of aliphatic carboxylic acids is 2. The molecule has 0 aliphatic rings. The monoisotopic (exact) mass is 382 g/mol. The summed E-state index contributed by atoms with van der Waals surface area (Å²) >= 11 is 0. The molecule has 0 aliphatic carbocycles. The van der Waals surface area contributed by atoms with Crippen molar-refractivity contribution >= 4 is 23.5 Å². The summed E-state index contributed by atoms with van der Waals surface area (Å²) in [6.07, 6.45) is 1.12. The second-order valence-corrected chi connectivity index (χ2v) is 6.87. The maximum absolute atomic E-state index is 9.55. The molecule has 6 heteroatoms. The van der Waals surface area contributed by atoms with E-state index in [0.717, 1.165) is 11.5 Å².